The van der Waals surface area contributed by atoms with E-state index in [1.807, 2.05) is 52.0 Å². The molecule has 3 unspecified atom stereocenters. The van der Waals surface area contributed by atoms with E-state index in [0.29, 0.717) is 12.1 Å². The summed E-state index contributed by atoms with van der Waals surface area (Å²) in [5, 5.41) is 16.2. The molecule has 2 bridgehead atoms. The molecule has 3 fully saturated rings. The van der Waals surface area contributed by atoms with Crippen LogP contribution >= 0.6 is 0 Å². The number of aliphatic hydroxyl groups excluding tert-OH is 1. The Bertz CT molecular complexity index is 1060. The minimum Gasteiger partial charge on any atom is -0.394 e. The van der Waals surface area contributed by atoms with Gasteiger partial charge in [0.25, 0.3) is 0 Å². The third kappa shape index (κ3) is 4.09. The molecule has 3 saturated heterocycles. The van der Waals surface area contributed by atoms with Crippen LogP contribution in [0.1, 0.15) is 54.4 Å². The number of nitrogens with one attached hydrogen (secondary N) is 2. The molecule has 0 aromatic heterocycles. The summed E-state index contributed by atoms with van der Waals surface area (Å²) < 4.78 is 6.71. The van der Waals surface area contributed by atoms with Crippen LogP contribution in [-0.2, 0) is 19.1 Å². The van der Waals surface area contributed by atoms with Gasteiger partial charge >= 0.3 is 0 Å². The first-order valence-electron chi connectivity index (χ1n) is 14.0. The van der Waals surface area contributed by atoms with Crippen LogP contribution < -0.4 is 15.5 Å². The molecule has 3 heterocycles. The van der Waals surface area contributed by atoms with Gasteiger partial charge in [0.15, 0.2) is 0 Å². The number of aliphatic hydroxyl groups is 1. The number of ether oxygens (including phenoxy) is 1. The van der Waals surface area contributed by atoms with Crippen molar-refractivity contribution >= 4 is 29.1 Å². The smallest absolute Gasteiger partial charge is 0.250 e. The molecule has 9 heteroatoms. The summed E-state index contributed by atoms with van der Waals surface area (Å²) >= 11 is 0. The number of amides is 3. The van der Waals surface area contributed by atoms with Gasteiger partial charge in [-0.1, -0.05) is 27.2 Å². The summed E-state index contributed by atoms with van der Waals surface area (Å²) in [5.41, 5.74) is -0.318. The highest BCUT2D eigenvalue weighted by Gasteiger charge is 2.80. The Balaban J connectivity index is 1.76. The Labute approximate surface area is 226 Å². The van der Waals surface area contributed by atoms with Crippen LogP contribution in [0.3, 0.4) is 0 Å². The maximum atomic E-state index is 14.2. The third-order valence-electron chi connectivity index (χ3n) is 9.64. The van der Waals surface area contributed by atoms with Crippen molar-refractivity contribution < 1.29 is 24.2 Å². The lowest BCUT2D eigenvalue weighted by molar-refractivity contribution is -0.150. The normalized spacial score (nSPS) is 33.2. The molecule has 3 N–H and O–H groups in total. The Kier molecular flexibility index (Phi) is 7.83. The van der Waals surface area contributed by atoms with E-state index in [2.05, 4.69) is 29.4 Å². The molecule has 3 aliphatic heterocycles. The molecule has 3 amide bonds. The third-order valence-corrected chi connectivity index (χ3v) is 9.64. The Morgan fingerprint density at radius 2 is 1.82 bits per heavy atom. The van der Waals surface area contributed by atoms with Crippen LogP contribution in [0, 0.1) is 23.7 Å². The van der Waals surface area contributed by atoms with Crippen LogP contribution in [0.25, 0.3) is 0 Å². The summed E-state index contributed by atoms with van der Waals surface area (Å²) in [4.78, 5) is 45.3. The van der Waals surface area contributed by atoms with E-state index in [9.17, 15) is 19.5 Å². The molecule has 8 atom stereocenters. The lowest BCUT2D eigenvalue weighted by Gasteiger charge is -2.39. The zero-order chi connectivity index (χ0) is 28.0. The van der Waals surface area contributed by atoms with E-state index < -0.39 is 35.1 Å². The van der Waals surface area contributed by atoms with Gasteiger partial charge < -0.3 is 30.3 Å². The van der Waals surface area contributed by atoms with Crippen molar-refractivity contribution in [3.63, 3.8) is 0 Å². The summed E-state index contributed by atoms with van der Waals surface area (Å²) in [6.45, 7) is 13.6. The molecule has 3 aliphatic rings. The van der Waals surface area contributed by atoms with Gasteiger partial charge in [0.1, 0.15) is 11.6 Å². The second-order valence-corrected chi connectivity index (χ2v) is 11.4. The highest BCUT2D eigenvalue weighted by Crippen LogP contribution is 2.65. The molecular formula is C29H44N4O5. The average molecular weight is 529 g/mol. The van der Waals surface area contributed by atoms with Gasteiger partial charge in [-0.3, -0.25) is 14.4 Å². The quantitative estimate of drug-likeness (QED) is 0.431. The number of benzene rings is 1. The van der Waals surface area contributed by atoms with Crippen molar-refractivity contribution in [3.8, 4) is 0 Å². The molecule has 1 spiro atoms. The fourth-order valence-corrected chi connectivity index (χ4v) is 7.26. The highest BCUT2D eigenvalue weighted by molar-refractivity contribution is 6.04. The zero-order valence-corrected chi connectivity index (χ0v) is 23.8. The molecule has 0 radical (unpaired) electrons. The van der Waals surface area contributed by atoms with Gasteiger partial charge in [0, 0.05) is 31.5 Å². The standard InChI is InChI=1S/C29H44N4O5/c1-8-17(4)21(16-34)33-24(26(36)31-19-11-13-20(14-12-19)32(9-2)10-3)29-15-18(5)28(6,38-29)22(25(35)30-7)23(29)27(33)37/h11-14,17-18,21-24,34H,8-10,15-16H2,1-7H3,(H,30,35)(H,31,36)/t17-,18?,21-,22+,23-,24?,28-,29?/m0/s1. The lowest BCUT2D eigenvalue weighted by Crippen LogP contribution is -2.57. The molecule has 210 valence electrons. The van der Waals surface area contributed by atoms with Crippen LogP contribution in [0.4, 0.5) is 11.4 Å². The maximum absolute atomic E-state index is 14.2. The number of rotatable bonds is 10. The first-order chi connectivity index (χ1) is 18.0. The van der Waals surface area contributed by atoms with Crippen molar-refractivity contribution in [1.29, 1.82) is 0 Å². The van der Waals surface area contributed by atoms with Crippen LogP contribution in [0.15, 0.2) is 24.3 Å². The van der Waals surface area contributed by atoms with Crippen molar-refractivity contribution in [1.82, 2.24) is 10.2 Å². The summed E-state index contributed by atoms with van der Waals surface area (Å²) in [7, 11) is 1.56. The predicted molar refractivity (Wildman–Crippen MR) is 147 cm³/mol. The van der Waals surface area contributed by atoms with Gasteiger partial charge in [-0.15, -0.1) is 0 Å². The number of hydrogen-bond acceptors (Lipinski definition) is 6. The topological polar surface area (TPSA) is 111 Å². The summed E-state index contributed by atoms with van der Waals surface area (Å²) in [6, 6.07) is 6.14. The van der Waals surface area contributed by atoms with Gasteiger partial charge in [-0.05, 0) is 63.3 Å². The predicted octanol–water partition coefficient (Wildman–Crippen LogP) is 2.64. The molecular weight excluding hydrogens is 484 g/mol. The summed E-state index contributed by atoms with van der Waals surface area (Å²) in [5.74, 6) is -2.48. The Hall–Kier alpha value is -2.65. The number of nitrogens with zero attached hydrogens (tertiary/aromatic N) is 2. The molecule has 38 heavy (non-hydrogen) atoms. The number of hydrogen-bond donors (Lipinski definition) is 3. The van der Waals surface area contributed by atoms with Gasteiger partial charge in [-0.2, -0.15) is 0 Å². The fourth-order valence-electron chi connectivity index (χ4n) is 7.26. The number of carbonyl (C=O) groups excluding carboxylic acids is 3. The molecule has 0 saturated carbocycles. The number of fused-ring (bicyclic) bond motifs is 1. The molecule has 9 nitrogen and oxygen atoms in total. The minimum atomic E-state index is -1.14. The fraction of sp³-hybridized carbons (Fsp3) is 0.690. The SMILES string of the molecule is CC[C@H](C)[C@H](CO)N1C(=O)[C@@H]2[C@H](C(=O)NC)[C@@]3(C)OC2(CC3C)C1C(=O)Nc1ccc(N(CC)CC)cc1. The van der Waals surface area contributed by atoms with Crippen LogP contribution in [0.5, 0.6) is 0 Å². The van der Waals surface area contributed by atoms with Crippen LogP contribution in [-0.4, -0.2) is 77.8 Å². The number of carbonyl (C=O) groups is 3. The van der Waals surface area contributed by atoms with E-state index >= 15 is 0 Å². The van der Waals surface area contributed by atoms with Crippen molar-refractivity contribution in [3.05, 3.63) is 24.3 Å². The highest BCUT2D eigenvalue weighted by atomic mass is 16.5. The lowest BCUT2D eigenvalue weighted by atomic mass is 9.62. The van der Waals surface area contributed by atoms with Crippen molar-refractivity contribution in [2.75, 3.05) is 37.0 Å². The van der Waals surface area contributed by atoms with E-state index in [4.69, 9.17) is 4.74 Å². The summed E-state index contributed by atoms with van der Waals surface area (Å²) in [6.07, 6.45) is 1.21. The molecule has 0 aliphatic carbocycles. The largest absolute Gasteiger partial charge is 0.394 e. The minimum absolute atomic E-state index is 0.0337. The monoisotopic (exact) mass is 528 g/mol. The Morgan fingerprint density at radius 3 is 2.34 bits per heavy atom. The van der Waals surface area contributed by atoms with E-state index in [1.165, 1.54) is 0 Å². The molecule has 4 rings (SSSR count). The average Bonchev–Trinajstić information content (AvgIpc) is 3.42. The first-order valence-corrected chi connectivity index (χ1v) is 14.0. The second-order valence-electron chi connectivity index (χ2n) is 11.4. The van der Waals surface area contributed by atoms with Crippen LogP contribution in [0.2, 0.25) is 0 Å². The van der Waals surface area contributed by atoms with Gasteiger partial charge in [0.2, 0.25) is 17.7 Å². The Morgan fingerprint density at radius 1 is 1.18 bits per heavy atom. The second kappa shape index (κ2) is 10.5. The first kappa shape index (κ1) is 28.4. The van der Waals surface area contributed by atoms with E-state index in [0.717, 1.165) is 25.2 Å². The van der Waals surface area contributed by atoms with Crippen molar-refractivity contribution in [2.24, 2.45) is 23.7 Å². The van der Waals surface area contributed by atoms with E-state index in [1.54, 1.807) is 11.9 Å². The number of anilines is 2. The van der Waals surface area contributed by atoms with Crippen molar-refractivity contribution in [2.45, 2.75) is 77.7 Å². The maximum Gasteiger partial charge on any atom is 0.250 e. The molecule has 1 aromatic rings. The van der Waals surface area contributed by atoms with Gasteiger partial charge in [-0.25, -0.2) is 0 Å². The van der Waals surface area contributed by atoms with E-state index in [-0.39, 0.29) is 36.2 Å². The van der Waals surface area contributed by atoms with Gasteiger partial charge in [0.05, 0.1) is 30.1 Å². The molecule has 1 aromatic carbocycles. The zero-order valence-electron chi connectivity index (χ0n) is 23.8. The number of likely N-dealkylation sites (tertiary alicyclic amines) is 1.